The van der Waals surface area contributed by atoms with Gasteiger partial charge in [0, 0.05) is 24.2 Å². The molecular weight excluding hydrogens is 198 g/mol. The molecule has 2 unspecified atom stereocenters. The lowest BCUT2D eigenvalue weighted by Gasteiger charge is -2.50. The number of ether oxygens (including phenoxy) is 1. The van der Waals surface area contributed by atoms with Crippen molar-refractivity contribution in [3.63, 3.8) is 0 Å². The Balaban J connectivity index is 2.33. The van der Waals surface area contributed by atoms with Crippen molar-refractivity contribution in [1.29, 1.82) is 0 Å². The molecule has 16 heavy (non-hydrogen) atoms. The highest BCUT2D eigenvalue weighted by Gasteiger charge is 2.40. The van der Waals surface area contributed by atoms with Gasteiger partial charge in [0.05, 0.1) is 7.11 Å². The molecule has 0 aromatic heterocycles. The van der Waals surface area contributed by atoms with E-state index in [9.17, 15) is 0 Å². The van der Waals surface area contributed by atoms with Crippen LogP contribution in [0.3, 0.4) is 0 Å². The van der Waals surface area contributed by atoms with Gasteiger partial charge in [-0.15, -0.1) is 0 Å². The molecule has 1 fully saturated rings. The third-order valence-corrected chi connectivity index (χ3v) is 4.28. The van der Waals surface area contributed by atoms with Crippen molar-refractivity contribution in [3.05, 3.63) is 23.6 Å². The lowest BCUT2D eigenvalue weighted by Crippen LogP contribution is -2.49. The predicted molar refractivity (Wildman–Crippen MR) is 66.9 cm³/mol. The first-order chi connectivity index (χ1) is 7.45. The molecule has 2 rings (SSSR count). The molecule has 1 aliphatic carbocycles. The van der Waals surface area contributed by atoms with Crippen molar-refractivity contribution < 1.29 is 4.74 Å². The smallest absolute Gasteiger partial charge is 0.116 e. The standard InChI is InChI=1S/C14H23NO/c1-10-9-14(2,3)15(4)13-8-11(16-5)6-7-12(10)13/h6,8,10,12H,7,9H2,1-5H3. The second-order valence-electron chi connectivity index (χ2n) is 5.77. The van der Waals surface area contributed by atoms with Gasteiger partial charge in [-0.05, 0) is 44.8 Å². The lowest BCUT2D eigenvalue weighted by atomic mass is 9.73. The van der Waals surface area contributed by atoms with E-state index in [4.69, 9.17) is 4.74 Å². The molecule has 0 aromatic carbocycles. The summed E-state index contributed by atoms with van der Waals surface area (Å²) in [6.45, 7) is 7.02. The fourth-order valence-electron chi connectivity index (χ4n) is 3.10. The van der Waals surface area contributed by atoms with Crippen molar-refractivity contribution in [2.24, 2.45) is 11.8 Å². The molecule has 0 aromatic rings. The fraction of sp³-hybridized carbons (Fsp3) is 0.714. The van der Waals surface area contributed by atoms with Crippen LogP contribution in [0.1, 0.15) is 33.6 Å². The van der Waals surface area contributed by atoms with Gasteiger partial charge in [-0.2, -0.15) is 0 Å². The van der Waals surface area contributed by atoms with Crippen molar-refractivity contribution >= 4 is 0 Å². The van der Waals surface area contributed by atoms with Crippen LogP contribution in [0.5, 0.6) is 0 Å². The van der Waals surface area contributed by atoms with Crippen LogP contribution in [-0.2, 0) is 4.74 Å². The van der Waals surface area contributed by atoms with Crippen LogP contribution in [0.15, 0.2) is 23.6 Å². The molecule has 2 heteroatoms. The minimum atomic E-state index is 0.262. The minimum Gasteiger partial charge on any atom is -0.497 e. The Hall–Kier alpha value is -0.920. The number of methoxy groups -OCH3 is 1. The summed E-state index contributed by atoms with van der Waals surface area (Å²) in [7, 11) is 3.96. The zero-order chi connectivity index (χ0) is 11.9. The number of allylic oxidation sites excluding steroid dienone is 3. The normalized spacial score (nSPS) is 32.7. The van der Waals surface area contributed by atoms with Gasteiger partial charge in [-0.25, -0.2) is 0 Å². The number of likely N-dealkylation sites (tertiary alicyclic amines) is 1. The second-order valence-corrected chi connectivity index (χ2v) is 5.77. The van der Waals surface area contributed by atoms with Crippen molar-refractivity contribution in [2.45, 2.75) is 39.2 Å². The van der Waals surface area contributed by atoms with E-state index in [2.05, 4.69) is 44.9 Å². The Morgan fingerprint density at radius 3 is 2.75 bits per heavy atom. The fourth-order valence-corrected chi connectivity index (χ4v) is 3.10. The van der Waals surface area contributed by atoms with Gasteiger partial charge in [0.1, 0.15) is 5.76 Å². The topological polar surface area (TPSA) is 12.5 Å². The monoisotopic (exact) mass is 221 g/mol. The summed E-state index contributed by atoms with van der Waals surface area (Å²) in [6.07, 6.45) is 6.82. The van der Waals surface area contributed by atoms with Gasteiger partial charge in [-0.1, -0.05) is 6.92 Å². The highest BCUT2D eigenvalue weighted by molar-refractivity contribution is 5.28. The SMILES string of the molecule is COC1=CCC2C(=C1)N(C)C(C)(C)CC2C. The molecule has 1 aliphatic heterocycles. The number of nitrogens with zero attached hydrogens (tertiary/aromatic N) is 1. The van der Waals surface area contributed by atoms with Crippen molar-refractivity contribution in [3.8, 4) is 0 Å². The maximum Gasteiger partial charge on any atom is 0.116 e. The van der Waals surface area contributed by atoms with Crippen LogP contribution in [0.25, 0.3) is 0 Å². The second kappa shape index (κ2) is 3.83. The average Bonchev–Trinajstić information content (AvgIpc) is 2.25. The number of fused-ring (bicyclic) bond motifs is 1. The molecule has 0 amide bonds. The van der Waals surface area contributed by atoms with Gasteiger partial charge >= 0.3 is 0 Å². The molecule has 2 nitrogen and oxygen atoms in total. The lowest BCUT2D eigenvalue weighted by molar-refractivity contribution is 0.0796. The predicted octanol–water partition coefficient (Wildman–Crippen LogP) is 3.17. The van der Waals surface area contributed by atoms with Crippen LogP contribution in [0, 0.1) is 11.8 Å². The maximum absolute atomic E-state index is 5.35. The van der Waals surface area contributed by atoms with Crippen molar-refractivity contribution in [1.82, 2.24) is 4.90 Å². The van der Waals surface area contributed by atoms with Gasteiger partial charge in [0.25, 0.3) is 0 Å². The number of rotatable bonds is 1. The van der Waals surface area contributed by atoms with E-state index in [0.29, 0.717) is 5.92 Å². The van der Waals surface area contributed by atoms with E-state index in [1.165, 1.54) is 12.1 Å². The molecule has 2 aliphatic rings. The van der Waals surface area contributed by atoms with Gasteiger partial charge in [0.2, 0.25) is 0 Å². The minimum absolute atomic E-state index is 0.262. The Bertz CT molecular complexity index is 341. The summed E-state index contributed by atoms with van der Waals surface area (Å²) < 4.78 is 5.35. The van der Waals surface area contributed by atoms with E-state index in [1.54, 1.807) is 7.11 Å². The molecule has 1 heterocycles. The largest absolute Gasteiger partial charge is 0.497 e. The van der Waals surface area contributed by atoms with E-state index in [0.717, 1.165) is 18.1 Å². The number of hydrogen-bond donors (Lipinski definition) is 0. The van der Waals surface area contributed by atoms with Crippen LogP contribution in [-0.4, -0.2) is 24.6 Å². The van der Waals surface area contributed by atoms with Crippen LogP contribution in [0.2, 0.25) is 0 Å². The maximum atomic E-state index is 5.35. The van der Waals surface area contributed by atoms with E-state index >= 15 is 0 Å². The van der Waals surface area contributed by atoms with E-state index in [-0.39, 0.29) is 5.54 Å². The first-order valence-corrected chi connectivity index (χ1v) is 6.15. The zero-order valence-corrected chi connectivity index (χ0v) is 11.1. The zero-order valence-electron chi connectivity index (χ0n) is 11.1. The molecular formula is C14H23NO. The highest BCUT2D eigenvalue weighted by Crippen LogP contribution is 2.44. The Morgan fingerprint density at radius 2 is 2.12 bits per heavy atom. The van der Waals surface area contributed by atoms with E-state index in [1.807, 2.05) is 0 Å². The van der Waals surface area contributed by atoms with Crippen LogP contribution in [0.4, 0.5) is 0 Å². The van der Waals surface area contributed by atoms with Gasteiger partial charge < -0.3 is 9.64 Å². The summed E-state index contributed by atoms with van der Waals surface area (Å²) >= 11 is 0. The molecule has 0 N–H and O–H groups in total. The molecule has 90 valence electrons. The molecule has 0 saturated carbocycles. The van der Waals surface area contributed by atoms with Crippen molar-refractivity contribution in [2.75, 3.05) is 14.2 Å². The Morgan fingerprint density at radius 1 is 1.44 bits per heavy atom. The number of piperidine rings is 1. The summed E-state index contributed by atoms with van der Waals surface area (Å²) in [5.41, 5.74) is 1.71. The summed E-state index contributed by atoms with van der Waals surface area (Å²) in [4.78, 5) is 2.43. The molecule has 2 atom stereocenters. The Kier molecular flexibility index (Phi) is 2.77. The molecule has 1 saturated heterocycles. The molecule has 0 bridgehead atoms. The summed E-state index contributed by atoms with van der Waals surface area (Å²) in [5.74, 6) is 2.45. The quantitative estimate of drug-likeness (QED) is 0.674. The Labute approximate surface area is 99.0 Å². The molecule has 0 spiro atoms. The third kappa shape index (κ3) is 1.74. The van der Waals surface area contributed by atoms with Crippen LogP contribution < -0.4 is 0 Å². The first-order valence-electron chi connectivity index (χ1n) is 6.15. The highest BCUT2D eigenvalue weighted by atomic mass is 16.5. The van der Waals surface area contributed by atoms with E-state index < -0.39 is 0 Å². The van der Waals surface area contributed by atoms with Gasteiger partial charge in [0.15, 0.2) is 0 Å². The molecule has 0 radical (unpaired) electrons. The first kappa shape index (κ1) is 11.6. The number of hydrogen-bond acceptors (Lipinski definition) is 2. The summed E-state index contributed by atoms with van der Waals surface area (Å²) in [6, 6.07) is 0. The van der Waals surface area contributed by atoms with Gasteiger partial charge in [-0.3, -0.25) is 0 Å². The van der Waals surface area contributed by atoms with Crippen LogP contribution >= 0.6 is 0 Å². The summed E-state index contributed by atoms with van der Waals surface area (Å²) in [5, 5.41) is 0. The third-order valence-electron chi connectivity index (χ3n) is 4.28. The average molecular weight is 221 g/mol.